The van der Waals surface area contributed by atoms with Crippen LogP contribution in [0.25, 0.3) is 0 Å². The van der Waals surface area contributed by atoms with Crippen molar-refractivity contribution in [3.63, 3.8) is 0 Å². The fourth-order valence-electron chi connectivity index (χ4n) is 9.07. The van der Waals surface area contributed by atoms with Crippen molar-refractivity contribution in [1.29, 1.82) is 0 Å². The van der Waals surface area contributed by atoms with Crippen LogP contribution in [0.2, 0.25) is 0 Å². The molecule has 0 aromatic rings. The van der Waals surface area contributed by atoms with Gasteiger partial charge in [0.25, 0.3) is 0 Å². The SMILES string of the molecule is CC/C=C\C/C=C\C/C=C\C/C=C\CCC(=O)OCC(COP(=O)(O)OCC(CO)OC(=O)CCCCCCCCCCCCCCCCCCCCC)OC(=O)CCCCCCCCCCC/C=C\CCCCCCCC. The maximum Gasteiger partial charge on any atom is 0.472 e. The van der Waals surface area contributed by atoms with Crippen LogP contribution in [0.1, 0.15) is 303 Å². The summed E-state index contributed by atoms with van der Waals surface area (Å²) in [7, 11) is -4.77. The van der Waals surface area contributed by atoms with Gasteiger partial charge < -0.3 is 24.2 Å². The Morgan fingerprint density at radius 2 is 0.692 bits per heavy atom. The molecule has 0 aliphatic carbocycles. The zero-order chi connectivity index (χ0) is 56.9. The van der Waals surface area contributed by atoms with Crippen molar-refractivity contribution in [1.82, 2.24) is 0 Å². The third kappa shape index (κ3) is 57.9. The fraction of sp³-hybridized carbons (Fsp3) is 0.803. The number of aliphatic hydroxyl groups is 1. The molecule has 0 aromatic carbocycles. The summed E-state index contributed by atoms with van der Waals surface area (Å²) in [5.74, 6) is -1.55. The number of ether oxygens (including phenoxy) is 3. The molecule has 0 fully saturated rings. The maximum absolute atomic E-state index is 12.9. The second-order valence-corrected chi connectivity index (χ2v) is 23.0. The molecule has 2 N–H and O–H groups in total. The van der Waals surface area contributed by atoms with E-state index in [2.05, 4.69) is 69.4 Å². The highest BCUT2D eigenvalue weighted by Crippen LogP contribution is 2.43. The van der Waals surface area contributed by atoms with Gasteiger partial charge in [0.1, 0.15) is 12.7 Å². The van der Waals surface area contributed by atoms with E-state index in [0.717, 1.165) is 64.2 Å². The summed E-state index contributed by atoms with van der Waals surface area (Å²) in [6.07, 6.45) is 67.7. The minimum atomic E-state index is -4.77. The van der Waals surface area contributed by atoms with Crippen molar-refractivity contribution in [2.24, 2.45) is 0 Å². The van der Waals surface area contributed by atoms with E-state index in [4.69, 9.17) is 23.3 Å². The van der Waals surface area contributed by atoms with E-state index < -0.39 is 57.8 Å². The Labute approximate surface area is 478 Å². The van der Waals surface area contributed by atoms with Gasteiger partial charge in [-0.1, -0.05) is 274 Å². The minimum Gasteiger partial charge on any atom is -0.462 e. The summed E-state index contributed by atoms with van der Waals surface area (Å²) in [5, 5.41) is 9.85. The van der Waals surface area contributed by atoms with Gasteiger partial charge >= 0.3 is 25.7 Å². The summed E-state index contributed by atoms with van der Waals surface area (Å²) >= 11 is 0. The first-order chi connectivity index (χ1) is 38.2. The first kappa shape index (κ1) is 75.2. The number of carbonyl (C=O) groups is 3. The predicted octanol–water partition coefficient (Wildman–Crippen LogP) is 19.5. The van der Waals surface area contributed by atoms with Gasteiger partial charge in [-0.05, 0) is 70.6 Å². The lowest BCUT2D eigenvalue weighted by Crippen LogP contribution is -2.30. The van der Waals surface area contributed by atoms with Gasteiger partial charge in [-0.3, -0.25) is 23.4 Å². The molecule has 0 rings (SSSR count). The topological polar surface area (TPSA) is 155 Å². The van der Waals surface area contributed by atoms with E-state index in [1.165, 1.54) is 180 Å². The van der Waals surface area contributed by atoms with Gasteiger partial charge in [0.2, 0.25) is 0 Å². The number of aliphatic hydroxyl groups excluding tert-OH is 1. The van der Waals surface area contributed by atoms with Crippen LogP contribution in [-0.2, 0) is 42.2 Å². The predicted molar refractivity (Wildman–Crippen MR) is 325 cm³/mol. The van der Waals surface area contributed by atoms with Crippen LogP contribution in [0.15, 0.2) is 60.8 Å². The molecule has 0 aromatic heterocycles. The van der Waals surface area contributed by atoms with Crippen LogP contribution in [0.5, 0.6) is 0 Å². The molecule has 12 heteroatoms. The van der Waals surface area contributed by atoms with E-state index in [0.29, 0.717) is 19.3 Å². The van der Waals surface area contributed by atoms with Crippen molar-refractivity contribution >= 4 is 25.7 Å². The molecular weight excluding hydrogens is 1000 g/mol. The average Bonchev–Trinajstić information content (AvgIpc) is 3.43. The molecular formula is C66H119O11P. The Balaban J connectivity index is 4.66. The Morgan fingerprint density at radius 1 is 0.372 bits per heavy atom. The van der Waals surface area contributed by atoms with Crippen LogP contribution >= 0.6 is 7.82 Å². The van der Waals surface area contributed by atoms with Crippen molar-refractivity contribution < 1.29 is 52.2 Å². The lowest BCUT2D eigenvalue weighted by molar-refractivity contribution is -0.161. The highest BCUT2D eigenvalue weighted by Gasteiger charge is 2.28. The summed E-state index contributed by atoms with van der Waals surface area (Å²) in [6.45, 7) is 4.50. The third-order valence-corrected chi connectivity index (χ3v) is 14.9. The Kier molecular flexibility index (Phi) is 58.1. The molecule has 0 spiro atoms. The summed E-state index contributed by atoms with van der Waals surface area (Å²) < 4.78 is 39.6. The Morgan fingerprint density at radius 3 is 1.08 bits per heavy atom. The van der Waals surface area contributed by atoms with Gasteiger partial charge in [0.05, 0.1) is 19.8 Å². The largest absolute Gasteiger partial charge is 0.472 e. The monoisotopic (exact) mass is 1120 g/mol. The van der Waals surface area contributed by atoms with E-state index >= 15 is 0 Å². The van der Waals surface area contributed by atoms with Gasteiger partial charge in [0, 0.05) is 19.3 Å². The van der Waals surface area contributed by atoms with Crippen LogP contribution < -0.4 is 0 Å². The van der Waals surface area contributed by atoms with E-state index in [-0.39, 0.29) is 25.9 Å². The lowest BCUT2D eigenvalue weighted by Gasteiger charge is -2.21. The van der Waals surface area contributed by atoms with Gasteiger partial charge in [-0.2, -0.15) is 0 Å². The third-order valence-electron chi connectivity index (χ3n) is 13.9. The van der Waals surface area contributed by atoms with Crippen LogP contribution in [0.4, 0.5) is 0 Å². The first-order valence-electron chi connectivity index (χ1n) is 32.2. The van der Waals surface area contributed by atoms with Gasteiger partial charge in [-0.25, -0.2) is 4.57 Å². The molecule has 0 aliphatic rings. The number of carbonyl (C=O) groups excluding carboxylic acids is 3. The molecule has 3 atom stereocenters. The number of phosphoric ester groups is 1. The molecule has 0 saturated heterocycles. The first-order valence-corrected chi connectivity index (χ1v) is 33.7. The molecule has 3 unspecified atom stereocenters. The smallest absolute Gasteiger partial charge is 0.462 e. The summed E-state index contributed by atoms with van der Waals surface area (Å²) in [5.41, 5.74) is 0. The van der Waals surface area contributed by atoms with Crippen molar-refractivity contribution in [3.05, 3.63) is 60.8 Å². The van der Waals surface area contributed by atoms with Gasteiger partial charge in [-0.15, -0.1) is 0 Å². The molecule has 454 valence electrons. The molecule has 78 heavy (non-hydrogen) atoms. The average molecular weight is 1120 g/mol. The van der Waals surface area contributed by atoms with Crippen LogP contribution in [0.3, 0.4) is 0 Å². The second kappa shape index (κ2) is 60.3. The van der Waals surface area contributed by atoms with E-state index in [9.17, 15) is 28.9 Å². The zero-order valence-corrected chi connectivity index (χ0v) is 51.3. The molecule has 0 saturated carbocycles. The molecule has 0 bridgehead atoms. The Bertz CT molecular complexity index is 1540. The molecule has 0 radical (unpaired) electrons. The quantitative estimate of drug-likeness (QED) is 0.0197. The normalized spacial score (nSPS) is 13.7. The number of hydrogen-bond donors (Lipinski definition) is 2. The van der Waals surface area contributed by atoms with Crippen molar-refractivity contribution in [2.45, 2.75) is 315 Å². The summed E-state index contributed by atoms with van der Waals surface area (Å²) in [6, 6.07) is 0. The number of rotatable bonds is 60. The fourth-order valence-corrected chi connectivity index (χ4v) is 9.86. The molecule has 0 heterocycles. The van der Waals surface area contributed by atoms with Crippen molar-refractivity contribution in [3.8, 4) is 0 Å². The number of phosphoric acid groups is 1. The van der Waals surface area contributed by atoms with Crippen molar-refractivity contribution in [2.75, 3.05) is 26.4 Å². The lowest BCUT2D eigenvalue weighted by atomic mass is 10.0. The number of esters is 3. The number of unbranched alkanes of at least 4 members (excludes halogenated alkanes) is 33. The number of hydrogen-bond acceptors (Lipinski definition) is 10. The standard InChI is InChI=1S/C66H119O11P/c1-4-7-10-13-16-19-22-25-27-29-31-33-35-38-41-44-47-50-53-56-65(69)76-62(58-67)60-74-78(71,72)75-61-63(59-73-64(68)55-52-49-46-43-40-37-24-21-18-15-12-9-6-3)77-66(70)57-54-51-48-45-42-39-36-34-32-30-28-26-23-20-17-14-11-8-5-2/h9,12,18,21,26,28,37,40,46,49,62-63,67H,4-8,10-11,13-17,19-20,22-25,27,29-36,38-39,41-45,47-48,50-61H2,1-3H3,(H,71,72)/b12-9-,21-18-,28-26-,40-37-,49-46-. The molecule has 0 aliphatic heterocycles. The maximum atomic E-state index is 12.9. The highest BCUT2D eigenvalue weighted by atomic mass is 31.2. The van der Waals surface area contributed by atoms with Gasteiger partial charge in [0.15, 0.2) is 6.10 Å². The van der Waals surface area contributed by atoms with E-state index in [1.54, 1.807) is 0 Å². The van der Waals surface area contributed by atoms with Crippen LogP contribution in [0, 0.1) is 0 Å². The number of allylic oxidation sites excluding steroid dienone is 10. The second-order valence-electron chi connectivity index (χ2n) is 21.6. The zero-order valence-electron chi connectivity index (χ0n) is 50.4. The van der Waals surface area contributed by atoms with E-state index in [1.807, 2.05) is 12.2 Å². The Hall–Kier alpha value is -2.82. The summed E-state index contributed by atoms with van der Waals surface area (Å²) in [4.78, 5) is 48.7. The molecule has 11 nitrogen and oxygen atoms in total. The van der Waals surface area contributed by atoms with Crippen LogP contribution in [-0.4, -0.2) is 66.5 Å². The molecule has 0 amide bonds. The highest BCUT2D eigenvalue weighted by molar-refractivity contribution is 7.47. The minimum absolute atomic E-state index is 0.106.